The minimum absolute atomic E-state index is 0.479. The van der Waals surface area contributed by atoms with Gasteiger partial charge < -0.3 is 14.6 Å². The molecule has 0 saturated heterocycles. The summed E-state index contributed by atoms with van der Waals surface area (Å²) in [6.45, 7) is 2.49. The topological polar surface area (TPSA) is 38.7 Å². The van der Waals surface area contributed by atoms with Crippen molar-refractivity contribution < 1.29 is 14.6 Å². The fourth-order valence-corrected chi connectivity index (χ4v) is 2.48. The summed E-state index contributed by atoms with van der Waals surface area (Å²) in [5, 5.41) is 9.99. The van der Waals surface area contributed by atoms with Gasteiger partial charge in [-0.15, -0.1) is 0 Å². The van der Waals surface area contributed by atoms with Crippen molar-refractivity contribution in [3.63, 3.8) is 0 Å². The number of hydrogen-bond acceptors (Lipinski definition) is 5. The predicted molar refractivity (Wildman–Crippen MR) is 79.3 cm³/mol. The highest BCUT2D eigenvalue weighted by Crippen LogP contribution is 2.22. The highest BCUT2D eigenvalue weighted by atomic mass is 32.2. The Bertz CT molecular complexity index is 365. The quantitative estimate of drug-likeness (QED) is 0.813. The fraction of sp³-hybridized carbons (Fsp3) is 0.462. The molecule has 1 aromatic carbocycles. The van der Waals surface area contributed by atoms with Crippen LogP contribution in [0.4, 0.5) is 0 Å². The van der Waals surface area contributed by atoms with Gasteiger partial charge in [-0.2, -0.15) is 0 Å². The molecule has 0 heterocycles. The van der Waals surface area contributed by atoms with Gasteiger partial charge in [-0.3, -0.25) is 0 Å². The molecular weight excluding hydrogens is 268 g/mol. The second kappa shape index (κ2) is 8.34. The van der Waals surface area contributed by atoms with Crippen LogP contribution in [0.25, 0.3) is 0 Å². The van der Waals surface area contributed by atoms with Crippen LogP contribution in [-0.4, -0.2) is 29.0 Å². The summed E-state index contributed by atoms with van der Waals surface area (Å²) in [7, 11) is 1.62. The highest BCUT2D eigenvalue weighted by molar-refractivity contribution is 8.22. The second-order valence-electron chi connectivity index (χ2n) is 3.61. The van der Waals surface area contributed by atoms with Gasteiger partial charge in [0.25, 0.3) is 0 Å². The monoisotopic (exact) mass is 286 g/mol. The summed E-state index contributed by atoms with van der Waals surface area (Å²) in [6, 6.07) is 7.43. The first-order valence-corrected chi connectivity index (χ1v) is 7.18. The van der Waals surface area contributed by atoms with Crippen LogP contribution in [0.5, 0.6) is 5.75 Å². The molecule has 1 rings (SSSR count). The molecule has 0 aliphatic rings. The zero-order chi connectivity index (χ0) is 13.4. The molecule has 0 bridgehead atoms. The molecule has 0 fully saturated rings. The Kier molecular flexibility index (Phi) is 7.08. The second-order valence-corrected chi connectivity index (χ2v) is 5.31. The van der Waals surface area contributed by atoms with Gasteiger partial charge in [-0.1, -0.05) is 23.9 Å². The van der Waals surface area contributed by atoms with Gasteiger partial charge in [0.1, 0.15) is 5.75 Å². The van der Waals surface area contributed by atoms with Crippen molar-refractivity contribution in [1.29, 1.82) is 0 Å². The Labute approximate surface area is 117 Å². The minimum Gasteiger partial charge on any atom is -0.497 e. The predicted octanol–water partition coefficient (Wildman–Crippen LogP) is 3.17. The number of rotatable bonds is 6. The Balaban J connectivity index is 2.35. The first kappa shape index (κ1) is 15.3. The number of hydrogen-bond donors (Lipinski definition) is 1. The van der Waals surface area contributed by atoms with Crippen LogP contribution in [0.15, 0.2) is 24.3 Å². The molecule has 18 heavy (non-hydrogen) atoms. The Hall–Kier alpha value is -0.780. The molecule has 1 atom stereocenters. The third-order valence-corrected chi connectivity index (χ3v) is 3.64. The van der Waals surface area contributed by atoms with E-state index in [-0.39, 0.29) is 0 Å². The van der Waals surface area contributed by atoms with Crippen LogP contribution < -0.4 is 4.74 Å². The van der Waals surface area contributed by atoms with Gasteiger partial charge in [0.15, 0.2) is 0 Å². The standard InChI is InChI=1S/C13H18O3S2/c1-3-16-13(17)18-9-8-12(14)10-4-6-11(15-2)7-5-10/h4-7,12,14H,3,8-9H2,1-2H3. The van der Waals surface area contributed by atoms with Crippen LogP contribution in [0.1, 0.15) is 25.0 Å². The van der Waals surface area contributed by atoms with Crippen molar-refractivity contribution in [3.05, 3.63) is 29.8 Å². The third-order valence-electron chi connectivity index (χ3n) is 2.37. The SMILES string of the molecule is CCOC(=S)SCCC(O)c1ccc(OC)cc1. The fourth-order valence-electron chi connectivity index (χ4n) is 1.41. The molecule has 0 aromatic heterocycles. The smallest absolute Gasteiger partial charge is 0.219 e. The van der Waals surface area contributed by atoms with Crippen LogP contribution in [0.2, 0.25) is 0 Å². The minimum atomic E-state index is -0.479. The van der Waals surface area contributed by atoms with E-state index < -0.39 is 6.10 Å². The zero-order valence-electron chi connectivity index (χ0n) is 10.6. The maximum Gasteiger partial charge on any atom is 0.219 e. The molecule has 1 N–H and O–H groups in total. The van der Waals surface area contributed by atoms with Crippen molar-refractivity contribution in [2.24, 2.45) is 0 Å². The molecule has 1 aromatic rings. The summed E-state index contributed by atoms with van der Waals surface area (Å²) in [5.41, 5.74) is 0.888. The van der Waals surface area contributed by atoms with E-state index in [2.05, 4.69) is 0 Å². The number of ether oxygens (including phenoxy) is 2. The number of thioether (sulfide) groups is 1. The van der Waals surface area contributed by atoms with Crippen LogP contribution in [0, 0.1) is 0 Å². The van der Waals surface area contributed by atoms with Crippen LogP contribution in [0.3, 0.4) is 0 Å². The summed E-state index contributed by atoms with van der Waals surface area (Å²) in [4.78, 5) is 0. The number of methoxy groups -OCH3 is 1. The summed E-state index contributed by atoms with van der Waals surface area (Å²) in [6.07, 6.45) is 0.164. The van der Waals surface area contributed by atoms with Crippen LogP contribution >= 0.6 is 24.0 Å². The van der Waals surface area contributed by atoms with Crippen molar-refractivity contribution in [2.75, 3.05) is 19.5 Å². The molecule has 0 aliphatic heterocycles. The lowest BCUT2D eigenvalue weighted by Gasteiger charge is -2.11. The van der Waals surface area contributed by atoms with Gasteiger partial charge in [0.05, 0.1) is 19.8 Å². The first-order valence-electron chi connectivity index (χ1n) is 5.79. The molecular formula is C13H18O3S2. The van der Waals surface area contributed by atoms with Gasteiger partial charge >= 0.3 is 0 Å². The van der Waals surface area contributed by atoms with Crippen molar-refractivity contribution in [3.8, 4) is 5.75 Å². The average molecular weight is 286 g/mol. The largest absolute Gasteiger partial charge is 0.497 e. The van der Waals surface area contributed by atoms with Crippen molar-refractivity contribution in [2.45, 2.75) is 19.4 Å². The van der Waals surface area contributed by atoms with E-state index in [0.29, 0.717) is 17.4 Å². The number of benzene rings is 1. The number of aliphatic hydroxyl groups excluding tert-OH is 1. The molecule has 0 spiro atoms. The van der Waals surface area contributed by atoms with E-state index in [1.807, 2.05) is 31.2 Å². The molecule has 0 radical (unpaired) electrons. The number of aliphatic hydroxyl groups is 1. The van der Waals surface area contributed by atoms with E-state index in [0.717, 1.165) is 17.1 Å². The molecule has 0 aliphatic carbocycles. The Morgan fingerprint density at radius 2 is 2.06 bits per heavy atom. The summed E-state index contributed by atoms with van der Waals surface area (Å²) < 4.78 is 10.8. The molecule has 0 saturated carbocycles. The third kappa shape index (κ3) is 5.25. The molecule has 100 valence electrons. The van der Waals surface area contributed by atoms with Crippen LogP contribution in [-0.2, 0) is 4.74 Å². The molecule has 0 amide bonds. The maximum absolute atomic E-state index is 9.99. The first-order chi connectivity index (χ1) is 8.67. The van der Waals surface area contributed by atoms with Crippen molar-refractivity contribution >= 4 is 28.4 Å². The van der Waals surface area contributed by atoms with Gasteiger partial charge in [-0.05, 0) is 43.3 Å². The van der Waals surface area contributed by atoms with Crippen molar-refractivity contribution in [1.82, 2.24) is 0 Å². The summed E-state index contributed by atoms with van der Waals surface area (Å²) >= 11 is 6.45. The zero-order valence-corrected chi connectivity index (χ0v) is 12.2. The molecule has 5 heteroatoms. The van der Waals surface area contributed by atoms with E-state index in [1.54, 1.807) is 7.11 Å². The molecule has 1 unspecified atom stereocenters. The van der Waals surface area contributed by atoms with Gasteiger partial charge in [0.2, 0.25) is 4.38 Å². The maximum atomic E-state index is 9.99. The lowest BCUT2D eigenvalue weighted by Crippen LogP contribution is -2.02. The van der Waals surface area contributed by atoms with Gasteiger partial charge in [-0.25, -0.2) is 0 Å². The summed E-state index contributed by atoms with van der Waals surface area (Å²) in [5.74, 6) is 1.53. The molecule has 3 nitrogen and oxygen atoms in total. The normalized spacial score (nSPS) is 11.9. The average Bonchev–Trinajstić information content (AvgIpc) is 2.39. The lowest BCUT2D eigenvalue weighted by molar-refractivity contribution is 0.175. The Morgan fingerprint density at radius 3 is 2.61 bits per heavy atom. The van der Waals surface area contributed by atoms with Gasteiger partial charge in [0, 0.05) is 5.75 Å². The van der Waals surface area contributed by atoms with E-state index >= 15 is 0 Å². The highest BCUT2D eigenvalue weighted by Gasteiger charge is 2.08. The van der Waals surface area contributed by atoms with E-state index in [9.17, 15) is 5.11 Å². The lowest BCUT2D eigenvalue weighted by atomic mass is 10.1. The van der Waals surface area contributed by atoms with E-state index in [4.69, 9.17) is 21.7 Å². The Morgan fingerprint density at radius 1 is 1.39 bits per heavy atom. The van der Waals surface area contributed by atoms with E-state index in [1.165, 1.54) is 11.8 Å². The number of thiocarbonyl (C=S) groups is 1.